The number of fused-ring (bicyclic) bond motifs is 1. The topological polar surface area (TPSA) is 72.5 Å². The van der Waals surface area contributed by atoms with Gasteiger partial charge < -0.3 is 10.7 Å². The van der Waals surface area contributed by atoms with E-state index in [1.807, 2.05) is 47.3 Å². The first-order chi connectivity index (χ1) is 10.3. The predicted molar refractivity (Wildman–Crippen MR) is 83.1 cm³/mol. The number of aromatic nitrogens is 4. The lowest BCUT2D eigenvalue weighted by molar-refractivity contribution is 0.993. The average Bonchev–Trinajstić information content (AvgIpc) is 3.16. The van der Waals surface area contributed by atoms with Crippen molar-refractivity contribution in [3.63, 3.8) is 0 Å². The standard InChI is InChI=1S/C16H13N5/c17-13-3-1-11-7-14(20-15(11)8-13)12-2-4-16(19-9-12)21-6-5-18-10-21/h1-10,20H,17H2. The number of nitrogen functional groups attached to an aromatic ring is 1. The van der Waals surface area contributed by atoms with Crippen molar-refractivity contribution in [3.8, 4) is 17.1 Å². The Bertz CT molecular complexity index is 888. The molecule has 0 saturated carbocycles. The van der Waals surface area contributed by atoms with Gasteiger partial charge in [0, 0.05) is 46.4 Å². The van der Waals surface area contributed by atoms with Crippen LogP contribution in [0.1, 0.15) is 0 Å². The van der Waals surface area contributed by atoms with Crippen LogP contribution in [-0.2, 0) is 0 Å². The Balaban J connectivity index is 1.74. The first kappa shape index (κ1) is 11.7. The van der Waals surface area contributed by atoms with Gasteiger partial charge in [0.05, 0.1) is 0 Å². The van der Waals surface area contributed by atoms with Crippen LogP contribution in [0.4, 0.5) is 5.69 Å². The van der Waals surface area contributed by atoms with Crippen molar-refractivity contribution in [1.29, 1.82) is 0 Å². The molecule has 0 amide bonds. The molecule has 5 nitrogen and oxygen atoms in total. The molecule has 3 aromatic heterocycles. The van der Waals surface area contributed by atoms with E-state index in [0.717, 1.165) is 33.7 Å². The molecule has 0 aliphatic rings. The second-order valence-electron chi connectivity index (χ2n) is 4.90. The lowest BCUT2D eigenvalue weighted by Gasteiger charge is -2.02. The molecule has 3 heterocycles. The Kier molecular flexibility index (Phi) is 2.50. The van der Waals surface area contributed by atoms with Gasteiger partial charge in [-0.3, -0.25) is 4.57 Å². The summed E-state index contributed by atoms with van der Waals surface area (Å²) in [5, 5.41) is 1.14. The number of nitrogens with zero attached hydrogens (tertiary/aromatic N) is 3. The van der Waals surface area contributed by atoms with Gasteiger partial charge in [-0.2, -0.15) is 0 Å². The molecular formula is C16H13N5. The van der Waals surface area contributed by atoms with Gasteiger partial charge in [0.15, 0.2) is 0 Å². The van der Waals surface area contributed by atoms with Gasteiger partial charge in [-0.15, -0.1) is 0 Å². The van der Waals surface area contributed by atoms with E-state index < -0.39 is 0 Å². The van der Waals surface area contributed by atoms with Gasteiger partial charge in [0.25, 0.3) is 0 Å². The van der Waals surface area contributed by atoms with Crippen molar-refractivity contribution >= 4 is 16.6 Å². The number of nitrogens with one attached hydrogen (secondary N) is 1. The van der Waals surface area contributed by atoms with Gasteiger partial charge >= 0.3 is 0 Å². The Hall–Kier alpha value is -3.08. The molecule has 0 saturated heterocycles. The number of hydrogen-bond donors (Lipinski definition) is 2. The molecule has 0 fully saturated rings. The molecule has 0 spiro atoms. The van der Waals surface area contributed by atoms with Crippen molar-refractivity contribution in [2.24, 2.45) is 0 Å². The molecule has 0 atom stereocenters. The lowest BCUT2D eigenvalue weighted by Crippen LogP contribution is -1.93. The third kappa shape index (κ3) is 2.04. The fourth-order valence-electron chi connectivity index (χ4n) is 2.39. The Morgan fingerprint density at radius 1 is 1.10 bits per heavy atom. The highest BCUT2D eigenvalue weighted by atomic mass is 15.1. The molecule has 0 bridgehead atoms. The zero-order chi connectivity index (χ0) is 14.2. The van der Waals surface area contributed by atoms with E-state index in [-0.39, 0.29) is 0 Å². The Morgan fingerprint density at radius 2 is 2.05 bits per heavy atom. The highest BCUT2D eigenvalue weighted by molar-refractivity contribution is 5.87. The van der Waals surface area contributed by atoms with Crippen LogP contribution >= 0.6 is 0 Å². The van der Waals surface area contributed by atoms with Crippen molar-refractivity contribution in [3.05, 3.63) is 61.3 Å². The van der Waals surface area contributed by atoms with Crippen molar-refractivity contribution in [2.75, 3.05) is 5.73 Å². The summed E-state index contributed by atoms with van der Waals surface area (Å²) in [5.74, 6) is 0.844. The summed E-state index contributed by atoms with van der Waals surface area (Å²) >= 11 is 0. The minimum absolute atomic E-state index is 0.754. The fourth-order valence-corrected chi connectivity index (χ4v) is 2.39. The third-order valence-electron chi connectivity index (χ3n) is 3.47. The van der Waals surface area contributed by atoms with Gasteiger partial charge in [0.2, 0.25) is 0 Å². The largest absolute Gasteiger partial charge is 0.399 e. The number of nitrogens with two attached hydrogens (primary N) is 1. The zero-order valence-electron chi connectivity index (χ0n) is 11.2. The number of benzene rings is 1. The summed E-state index contributed by atoms with van der Waals surface area (Å²) in [5.41, 5.74) is 9.65. The van der Waals surface area contributed by atoms with Gasteiger partial charge in [0.1, 0.15) is 12.1 Å². The molecule has 3 N–H and O–H groups in total. The van der Waals surface area contributed by atoms with E-state index in [2.05, 4.69) is 21.0 Å². The summed E-state index contributed by atoms with van der Waals surface area (Å²) < 4.78 is 1.87. The SMILES string of the molecule is Nc1ccc2cc(-c3ccc(-n4ccnc4)nc3)[nH]c2c1. The van der Waals surface area contributed by atoms with E-state index >= 15 is 0 Å². The summed E-state index contributed by atoms with van der Waals surface area (Å²) in [7, 11) is 0. The second-order valence-corrected chi connectivity index (χ2v) is 4.90. The van der Waals surface area contributed by atoms with Crippen LogP contribution in [0.25, 0.3) is 28.0 Å². The minimum atomic E-state index is 0.754. The van der Waals surface area contributed by atoms with Crippen LogP contribution < -0.4 is 5.73 Å². The van der Waals surface area contributed by atoms with Crippen molar-refractivity contribution < 1.29 is 0 Å². The summed E-state index contributed by atoms with van der Waals surface area (Å²) in [6.07, 6.45) is 7.18. The molecule has 0 aliphatic carbocycles. The third-order valence-corrected chi connectivity index (χ3v) is 3.47. The van der Waals surface area contributed by atoms with Crippen molar-refractivity contribution in [1.82, 2.24) is 19.5 Å². The highest BCUT2D eigenvalue weighted by Gasteiger charge is 2.05. The number of H-pyrrole nitrogens is 1. The number of pyridine rings is 1. The summed E-state index contributed by atoms with van der Waals surface area (Å²) in [6, 6.07) is 12.0. The monoisotopic (exact) mass is 275 g/mol. The van der Waals surface area contributed by atoms with Crippen molar-refractivity contribution in [2.45, 2.75) is 0 Å². The maximum atomic E-state index is 5.80. The van der Waals surface area contributed by atoms with E-state index in [1.54, 1.807) is 12.5 Å². The van der Waals surface area contributed by atoms with Crippen LogP contribution in [0.5, 0.6) is 0 Å². The lowest BCUT2D eigenvalue weighted by atomic mass is 10.2. The smallest absolute Gasteiger partial charge is 0.137 e. The Morgan fingerprint density at radius 3 is 2.81 bits per heavy atom. The minimum Gasteiger partial charge on any atom is -0.399 e. The average molecular weight is 275 g/mol. The molecule has 0 radical (unpaired) electrons. The van der Waals surface area contributed by atoms with Crippen LogP contribution in [0, 0.1) is 0 Å². The first-order valence-corrected chi connectivity index (χ1v) is 6.62. The maximum absolute atomic E-state index is 5.80. The molecule has 4 rings (SSSR count). The molecule has 5 heteroatoms. The second kappa shape index (κ2) is 4.49. The maximum Gasteiger partial charge on any atom is 0.137 e. The number of anilines is 1. The molecular weight excluding hydrogens is 262 g/mol. The zero-order valence-corrected chi connectivity index (χ0v) is 11.2. The molecule has 0 unspecified atom stereocenters. The van der Waals surface area contributed by atoms with Crippen LogP contribution in [0.3, 0.4) is 0 Å². The molecule has 102 valence electrons. The van der Waals surface area contributed by atoms with E-state index in [9.17, 15) is 0 Å². The van der Waals surface area contributed by atoms with Crippen LogP contribution in [0.15, 0.2) is 61.3 Å². The number of aromatic amines is 1. The van der Waals surface area contributed by atoms with Gasteiger partial charge in [-0.25, -0.2) is 9.97 Å². The number of rotatable bonds is 2. The van der Waals surface area contributed by atoms with E-state index in [1.165, 1.54) is 0 Å². The van der Waals surface area contributed by atoms with E-state index in [4.69, 9.17) is 5.73 Å². The molecule has 1 aromatic carbocycles. The number of imidazole rings is 1. The highest BCUT2D eigenvalue weighted by Crippen LogP contribution is 2.25. The van der Waals surface area contributed by atoms with Gasteiger partial charge in [-0.1, -0.05) is 6.07 Å². The fraction of sp³-hybridized carbons (Fsp3) is 0. The normalized spacial score (nSPS) is 11.0. The first-order valence-electron chi connectivity index (χ1n) is 6.62. The molecule has 4 aromatic rings. The van der Waals surface area contributed by atoms with Crippen LogP contribution in [-0.4, -0.2) is 19.5 Å². The van der Waals surface area contributed by atoms with Crippen LogP contribution in [0.2, 0.25) is 0 Å². The quantitative estimate of drug-likeness (QED) is 0.552. The Labute approximate surface area is 121 Å². The number of hydrogen-bond acceptors (Lipinski definition) is 3. The summed E-state index contributed by atoms with van der Waals surface area (Å²) in [6.45, 7) is 0. The van der Waals surface area contributed by atoms with Gasteiger partial charge in [-0.05, 0) is 30.3 Å². The molecule has 0 aliphatic heterocycles. The van der Waals surface area contributed by atoms with E-state index in [0.29, 0.717) is 0 Å². The molecule has 21 heavy (non-hydrogen) atoms. The summed E-state index contributed by atoms with van der Waals surface area (Å²) in [4.78, 5) is 11.9. The predicted octanol–water partition coefficient (Wildman–Crippen LogP) is 3.00.